The number of sulfonamides is 1. The zero-order chi connectivity index (χ0) is 21.1. The molecule has 0 aliphatic rings. The molecule has 0 radical (unpaired) electrons. The van der Waals surface area contributed by atoms with Gasteiger partial charge in [0.1, 0.15) is 22.8 Å². The smallest absolute Gasteiger partial charge is 0.244 e. The van der Waals surface area contributed by atoms with Gasteiger partial charge >= 0.3 is 0 Å². The van der Waals surface area contributed by atoms with Crippen LogP contribution in [-0.4, -0.2) is 50.7 Å². The maximum atomic E-state index is 12.8. The van der Waals surface area contributed by atoms with Crippen LogP contribution in [0.2, 0.25) is 0 Å². The number of nitrogens with one attached hydrogen (secondary N) is 2. The molecule has 30 heavy (non-hydrogen) atoms. The Balaban J connectivity index is 1.77. The second kappa shape index (κ2) is 8.48. The number of nitrogens with zero attached hydrogens (tertiary/aromatic N) is 3. The number of benzene rings is 2. The van der Waals surface area contributed by atoms with E-state index in [2.05, 4.69) is 25.0 Å². The molecule has 2 aromatic carbocycles. The van der Waals surface area contributed by atoms with Crippen molar-refractivity contribution in [2.45, 2.75) is 4.90 Å². The Morgan fingerprint density at radius 3 is 2.73 bits per heavy atom. The highest BCUT2D eigenvalue weighted by Gasteiger charge is 2.21. The van der Waals surface area contributed by atoms with Crippen molar-refractivity contribution in [2.24, 2.45) is 0 Å². The van der Waals surface area contributed by atoms with Crippen molar-refractivity contribution in [1.82, 2.24) is 19.7 Å². The molecule has 4 rings (SSSR count). The average molecular weight is 446 g/mol. The Labute approximate surface area is 177 Å². The highest BCUT2D eigenvalue weighted by Crippen LogP contribution is 2.33. The summed E-state index contributed by atoms with van der Waals surface area (Å²) >= 11 is 1.56. The lowest BCUT2D eigenvalue weighted by Gasteiger charge is -2.14. The Morgan fingerprint density at radius 1 is 1.07 bits per heavy atom. The molecule has 11 heteroatoms. The number of hydrogen-bond acceptors (Lipinski definition) is 9. The zero-order valence-electron chi connectivity index (χ0n) is 16.2. The van der Waals surface area contributed by atoms with Crippen LogP contribution >= 0.6 is 11.3 Å². The maximum absolute atomic E-state index is 12.8. The molecule has 0 saturated carbocycles. The Bertz CT molecular complexity index is 1310. The van der Waals surface area contributed by atoms with Gasteiger partial charge in [-0.2, -0.15) is 0 Å². The minimum Gasteiger partial charge on any atom is -0.495 e. The molecule has 2 heterocycles. The standard InChI is InChI=1S/C19H19N5O4S2/c1-27-6-5-23-30(25,26)18-8-13-14(9-16(18)28-2)20-10-21-19(13)24-12-3-4-17-15(7-12)22-11-29-17/h3-4,7-11,23H,5-6H2,1-2H3,(H,20,21,24). The minimum atomic E-state index is -3.82. The second-order valence-electron chi connectivity index (χ2n) is 6.29. The third kappa shape index (κ3) is 4.05. The molecule has 0 fully saturated rings. The van der Waals surface area contributed by atoms with Gasteiger partial charge in [-0.15, -0.1) is 11.3 Å². The molecule has 156 valence electrons. The topological polar surface area (TPSA) is 115 Å². The number of aromatic nitrogens is 3. The molecule has 2 aromatic heterocycles. The van der Waals surface area contributed by atoms with Crippen molar-refractivity contribution < 1.29 is 17.9 Å². The van der Waals surface area contributed by atoms with Gasteiger partial charge in [0.2, 0.25) is 10.0 Å². The lowest BCUT2D eigenvalue weighted by molar-refractivity contribution is 0.204. The molecule has 0 amide bonds. The summed E-state index contributed by atoms with van der Waals surface area (Å²) in [6.45, 7) is 0.397. The molecular formula is C19H19N5O4S2. The summed E-state index contributed by atoms with van der Waals surface area (Å²) in [6, 6.07) is 8.89. The SMILES string of the molecule is COCCNS(=O)(=O)c1cc2c(Nc3ccc4scnc4c3)ncnc2cc1OC. The fourth-order valence-electron chi connectivity index (χ4n) is 2.96. The molecule has 0 bridgehead atoms. The van der Waals surface area contributed by atoms with Crippen LogP contribution in [0.3, 0.4) is 0 Å². The predicted molar refractivity (Wildman–Crippen MR) is 116 cm³/mol. The first-order valence-corrected chi connectivity index (χ1v) is 11.3. The van der Waals surface area contributed by atoms with Crippen molar-refractivity contribution in [3.8, 4) is 5.75 Å². The molecular weight excluding hydrogens is 426 g/mol. The summed E-state index contributed by atoms with van der Waals surface area (Å²) in [5.74, 6) is 0.673. The number of hydrogen-bond donors (Lipinski definition) is 2. The van der Waals surface area contributed by atoms with Crippen molar-refractivity contribution in [2.75, 3.05) is 32.7 Å². The van der Waals surface area contributed by atoms with Crippen molar-refractivity contribution >= 4 is 54.0 Å². The number of anilines is 2. The molecule has 0 saturated heterocycles. The normalized spacial score (nSPS) is 11.8. The van der Waals surface area contributed by atoms with E-state index in [0.29, 0.717) is 16.7 Å². The van der Waals surface area contributed by atoms with Gasteiger partial charge in [-0.1, -0.05) is 0 Å². The van der Waals surface area contributed by atoms with Crippen LogP contribution in [0.15, 0.2) is 47.1 Å². The van der Waals surface area contributed by atoms with Crippen molar-refractivity contribution in [3.05, 3.63) is 42.2 Å². The number of fused-ring (bicyclic) bond motifs is 2. The van der Waals surface area contributed by atoms with E-state index in [-0.39, 0.29) is 23.8 Å². The van der Waals surface area contributed by atoms with Gasteiger partial charge in [-0.25, -0.2) is 28.1 Å². The van der Waals surface area contributed by atoms with Gasteiger partial charge in [0.15, 0.2) is 0 Å². The number of thiazole rings is 1. The van der Waals surface area contributed by atoms with Gasteiger partial charge in [-0.05, 0) is 24.3 Å². The summed E-state index contributed by atoms with van der Waals surface area (Å²) in [7, 11) is -0.906. The average Bonchev–Trinajstić information content (AvgIpc) is 3.21. The van der Waals surface area contributed by atoms with Gasteiger partial charge in [0.05, 0.1) is 35.0 Å². The van der Waals surface area contributed by atoms with E-state index in [1.54, 1.807) is 22.9 Å². The van der Waals surface area contributed by atoms with E-state index >= 15 is 0 Å². The predicted octanol–water partition coefficient (Wildman–Crippen LogP) is 2.92. The maximum Gasteiger partial charge on any atom is 0.244 e. The van der Waals surface area contributed by atoms with Crippen LogP contribution in [0, 0.1) is 0 Å². The summed E-state index contributed by atoms with van der Waals surface area (Å²) in [6.07, 6.45) is 1.41. The first-order chi connectivity index (χ1) is 14.5. The van der Waals surface area contributed by atoms with Crippen LogP contribution in [0.25, 0.3) is 21.1 Å². The third-order valence-electron chi connectivity index (χ3n) is 4.40. The Hall–Kier alpha value is -2.86. The molecule has 0 spiro atoms. The minimum absolute atomic E-state index is 0.00130. The van der Waals surface area contributed by atoms with E-state index in [0.717, 1.165) is 15.9 Å². The molecule has 0 atom stereocenters. The number of methoxy groups -OCH3 is 2. The first-order valence-electron chi connectivity index (χ1n) is 8.93. The van der Waals surface area contributed by atoms with Crippen LogP contribution in [0.1, 0.15) is 0 Å². The fraction of sp³-hybridized carbons (Fsp3) is 0.211. The molecule has 9 nitrogen and oxygen atoms in total. The Morgan fingerprint density at radius 2 is 1.93 bits per heavy atom. The van der Waals surface area contributed by atoms with Gasteiger partial charge in [-0.3, -0.25) is 0 Å². The van der Waals surface area contributed by atoms with Crippen LogP contribution in [-0.2, 0) is 14.8 Å². The largest absolute Gasteiger partial charge is 0.495 e. The quantitative estimate of drug-likeness (QED) is 0.398. The van der Waals surface area contributed by atoms with Crippen LogP contribution < -0.4 is 14.8 Å². The summed E-state index contributed by atoms with van der Waals surface area (Å²) in [4.78, 5) is 12.9. The monoisotopic (exact) mass is 445 g/mol. The molecule has 0 aliphatic heterocycles. The second-order valence-corrected chi connectivity index (χ2v) is 8.91. The molecule has 4 aromatic rings. The van der Waals surface area contributed by atoms with Gasteiger partial charge in [0, 0.05) is 30.8 Å². The summed E-state index contributed by atoms with van der Waals surface area (Å²) in [5, 5.41) is 3.78. The lowest BCUT2D eigenvalue weighted by Crippen LogP contribution is -2.27. The summed E-state index contributed by atoms with van der Waals surface area (Å²) < 4.78 is 39.4. The number of rotatable bonds is 8. The first kappa shape index (κ1) is 20.4. The Kier molecular flexibility index (Phi) is 5.77. The van der Waals surface area contributed by atoms with E-state index in [1.807, 2.05) is 18.2 Å². The van der Waals surface area contributed by atoms with E-state index in [1.165, 1.54) is 26.6 Å². The van der Waals surface area contributed by atoms with Crippen LogP contribution in [0.5, 0.6) is 5.75 Å². The lowest BCUT2D eigenvalue weighted by atomic mass is 10.2. The molecule has 2 N–H and O–H groups in total. The van der Waals surface area contributed by atoms with Crippen LogP contribution in [0.4, 0.5) is 11.5 Å². The van der Waals surface area contributed by atoms with Gasteiger partial charge in [0.25, 0.3) is 0 Å². The molecule has 0 unspecified atom stereocenters. The van der Waals surface area contributed by atoms with E-state index < -0.39 is 10.0 Å². The zero-order valence-corrected chi connectivity index (χ0v) is 17.9. The van der Waals surface area contributed by atoms with Gasteiger partial charge < -0.3 is 14.8 Å². The van der Waals surface area contributed by atoms with Crippen molar-refractivity contribution in [3.63, 3.8) is 0 Å². The van der Waals surface area contributed by atoms with Crippen molar-refractivity contribution in [1.29, 1.82) is 0 Å². The highest BCUT2D eigenvalue weighted by molar-refractivity contribution is 7.89. The number of ether oxygens (including phenoxy) is 2. The van der Waals surface area contributed by atoms with E-state index in [4.69, 9.17) is 9.47 Å². The third-order valence-corrected chi connectivity index (χ3v) is 6.69. The summed E-state index contributed by atoms with van der Waals surface area (Å²) in [5.41, 5.74) is 3.99. The van der Waals surface area contributed by atoms with E-state index in [9.17, 15) is 8.42 Å². The fourth-order valence-corrected chi connectivity index (χ4v) is 4.81. The molecule has 0 aliphatic carbocycles. The highest BCUT2D eigenvalue weighted by atomic mass is 32.2.